The van der Waals surface area contributed by atoms with Gasteiger partial charge in [-0.05, 0) is 49.7 Å². The van der Waals surface area contributed by atoms with Gasteiger partial charge in [-0.1, -0.05) is 19.8 Å². The molecule has 4 heteroatoms. The van der Waals surface area contributed by atoms with Gasteiger partial charge in [0.05, 0.1) is 11.5 Å². The van der Waals surface area contributed by atoms with E-state index in [-0.39, 0.29) is 10.6 Å². The van der Waals surface area contributed by atoms with Crippen molar-refractivity contribution in [3.8, 4) is 5.75 Å². The molecule has 0 N–H and O–H groups in total. The molecule has 1 aliphatic carbocycles. The summed E-state index contributed by atoms with van der Waals surface area (Å²) >= 11 is 0. The highest BCUT2D eigenvalue weighted by atomic mass is 16.6. The number of ether oxygens (including phenoxy) is 1. The number of hydrogen-bond acceptors (Lipinski definition) is 3. The largest absolute Gasteiger partial charge is 0.493 e. The Bertz CT molecular complexity index is 467. The van der Waals surface area contributed by atoms with Crippen molar-refractivity contribution < 1.29 is 9.66 Å². The zero-order chi connectivity index (χ0) is 14.7. The van der Waals surface area contributed by atoms with Crippen molar-refractivity contribution in [1.82, 2.24) is 0 Å². The van der Waals surface area contributed by atoms with Crippen LogP contribution in [0.2, 0.25) is 0 Å². The van der Waals surface area contributed by atoms with Crippen LogP contribution in [0.5, 0.6) is 5.75 Å². The van der Waals surface area contributed by atoms with E-state index >= 15 is 0 Å². The zero-order valence-electron chi connectivity index (χ0n) is 12.5. The molecule has 0 amide bonds. The maximum Gasteiger partial charge on any atom is 0.270 e. The molecule has 0 aliphatic heterocycles. The SMILES string of the molecule is Cc1cc([N+](=O)[O-])cc(C)c1OCC1CCC(C)CC1. The minimum Gasteiger partial charge on any atom is -0.493 e. The van der Waals surface area contributed by atoms with E-state index in [1.807, 2.05) is 13.8 Å². The molecule has 110 valence electrons. The average Bonchev–Trinajstić information content (AvgIpc) is 2.39. The van der Waals surface area contributed by atoms with E-state index < -0.39 is 0 Å². The van der Waals surface area contributed by atoms with Crippen molar-refractivity contribution in [2.75, 3.05) is 6.61 Å². The van der Waals surface area contributed by atoms with E-state index in [2.05, 4.69) is 6.92 Å². The molecule has 1 aromatic carbocycles. The summed E-state index contributed by atoms with van der Waals surface area (Å²) in [6.07, 6.45) is 5.02. The predicted molar refractivity (Wildman–Crippen MR) is 79.2 cm³/mol. The number of nitro groups is 1. The van der Waals surface area contributed by atoms with Crippen LogP contribution in [-0.4, -0.2) is 11.5 Å². The van der Waals surface area contributed by atoms with Crippen molar-refractivity contribution in [2.24, 2.45) is 11.8 Å². The first-order chi connectivity index (χ1) is 9.47. The fourth-order valence-corrected chi connectivity index (χ4v) is 2.96. The van der Waals surface area contributed by atoms with Gasteiger partial charge < -0.3 is 4.74 Å². The highest BCUT2D eigenvalue weighted by molar-refractivity contribution is 5.48. The standard InChI is InChI=1S/C16H23NO3/c1-11-4-6-14(7-5-11)10-20-16-12(2)8-15(17(18)19)9-13(16)3/h8-9,11,14H,4-7,10H2,1-3H3. The molecule has 0 aromatic heterocycles. The molecule has 20 heavy (non-hydrogen) atoms. The van der Waals surface area contributed by atoms with Crippen LogP contribution in [0, 0.1) is 35.8 Å². The van der Waals surface area contributed by atoms with Gasteiger partial charge in [0.1, 0.15) is 5.75 Å². The summed E-state index contributed by atoms with van der Waals surface area (Å²) in [6, 6.07) is 3.18. The van der Waals surface area contributed by atoms with Crippen LogP contribution in [0.3, 0.4) is 0 Å². The van der Waals surface area contributed by atoms with E-state index in [0.29, 0.717) is 5.92 Å². The first-order valence-corrected chi connectivity index (χ1v) is 7.35. The highest BCUT2D eigenvalue weighted by Crippen LogP contribution is 2.32. The molecule has 4 nitrogen and oxygen atoms in total. The molecule has 1 aromatic rings. The zero-order valence-corrected chi connectivity index (χ0v) is 12.5. The van der Waals surface area contributed by atoms with Crippen molar-refractivity contribution in [3.63, 3.8) is 0 Å². The Balaban J connectivity index is 2.01. The molecule has 0 radical (unpaired) electrons. The van der Waals surface area contributed by atoms with Crippen LogP contribution in [0.1, 0.15) is 43.7 Å². The normalized spacial score (nSPS) is 22.6. The van der Waals surface area contributed by atoms with Crippen LogP contribution >= 0.6 is 0 Å². The van der Waals surface area contributed by atoms with E-state index in [0.717, 1.165) is 29.4 Å². The summed E-state index contributed by atoms with van der Waals surface area (Å²) in [5, 5.41) is 10.8. The van der Waals surface area contributed by atoms with Crippen LogP contribution < -0.4 is 4.74 Å². The average molecular weight is 277 g/mol. The minimum atomic E-state index is -0.355. The smallest absolute Gasteiger partial charge is 0.270 e. The number of hydrogen-bond donors (Lipinski definition) is 0. The third-order valence-electron chi connectivity index (χ3n) is 4.25. The fraction of sp³-hybridized carbons (Fsp3) is 0.625. The molecule has 1 saturated carbocycles. The Morgan fingerprint density at radius 2 is 1.75 bits per heavy atom. The van der Waals surface area contributed by atoms with Gasteiger partial charge >= 0.3 is 0 Å². The Kier molecular flexibility index (Phi) is 4.63. The third kappa shape index (κ3) is 3.50. The molecular weight excluding hydrogens is 254 g/mol. The molecule has 0 spiro atoms. The number of benzene rings is 1. The summed E-state index contributed by atoms with van der Waals surface area (Å²) in [7, 11) is 0. The molecular formula is C16H23NO3. The van der Waals surface area contributed by atoms with Gasteiger partial charge in [0.25, 0.3) is 5.69 Å². The van der Waals surface area contributed by atoms with Crippen LogP contribution in [0.4, 0.5) is 5.69 Å². The Morgan fingerprint density at radius 1 is 1.20 bits per heavy atom. The molecule has 0 saturated heterocycles. The van der Waals surface area contributed by atoms with Gasteiger partial charge in [0.15, 0.2) is 0 Å². The van der Waals surface area contributed by atoms with Crippen molar-refractivity contribution in [3.05, 3.63) is 33.4 Å². The van der Waals surface area contributed by atoms with Gasteiger partial charge in [0.2, 0.25) is 0 Å². The Hall–Kier alpha value is -1.58. The molecule has 2 rings (SSSR count). The summed E-state index contributed by atoms with van der Waals surface area (Å²) in [4.78, 5) is 10.5. The van der Waals surface area contributed by atoms with E-state index in [1.54, 1.807) is 12.1 Å². The van der Waals surface area contributed by atoms with Gasteiger partial charge in [0, 0.05) is 12.1 Å². The molecule has 0 atom stereocenters. The Labute approximate surface area is 120 Å². The molecule has 0 unspecified atom stereocenters. The Morgan fingerprint density at radius 3 is 2.25 bits per heavy atom. The van der Waals surface area contributed by atoms with Gasteiger partial charge in [-0.25, -0.2) is 0 Å². The second kappa shape index (κ2) is 6.25. The van der Waals surface area contributed by atoms with Crippen LogP contribution in [0.25, 0.3) is 0 Å². The molecule has 1 fully saturated rings. The molecule has 0 bridgehead atoms. The quantitative estimate of drug-likeness (QED) is 0.604. The summed E-state index contributed by atoms with van der Waals surface area (Å²) in [6.45, 7) is 6.78. The maximum atomic E-state index is 10.8. The summed E-state index contributed by atoms with van der Waals surface area (Å²) in [5.74, 6) is 2.28. The lowest BCUT2D eigenvalue weighted by Crippen LogP contribution is -2.19. The summed E-state index contributed by atoms with van der Waals surface area (Å²) < 4.78 is 5.95. The van der Waals surface area contributed by atoms with Gasteiger partial charge in [-0.15, -0.1) is 0 Å². The van der Waals surface area contributed by atoms with E-state index in [9.17, 15) is 10.1 Å². The van der Waals surface area contributed by atoms with Crippen molar-refractivity contribution in [2.45, 2.75) is 46.5 Å². The number of non-ortho nitro benzene ring substituents is 1. The minimum absolute atomic E-state index is 0.138. The van der Waals surface area contributed by atoms with Crippen LogP contribution in [0.15, 0.2) is 12.1 Å². The van der Waals surface area contributed by atoms with Crippen molar-refractivity contribution in [1.29, 1.82) is 0 Å². The number of nitrogens with zero attached hydrogens (tertiary/aromatic N) is 1. The maximum absolute atomic E-state index is 10.8. The second-order valence-corrected chi connectivity index (χ2v) is 6.10. The lowest BCUT2D eigenvalue weighted by molar-refractivity contribution is -0.385. The highest BCUT2D eigenvalue weighted by Gasteiger charge is 2.20. The molecule has 0 heterocycles. The topological polar surface area (TPSA) is 52.4 Å². The van der Waals surface area contributed by atoms with Gasteiger partial charge in [-0.3, -0.25) is 10.1 Å². The number of rotatable bonds is 4. The van der Waals surface area contributed by atoms with E-state index in [1.165, 1.54) is 25.7 Å². The second-order valence-electron chi connectivity index (χ2n) is 6.10. The van der Waals surface area contributed by atoms with Crippen LogP contribution in [-0.2, 0) is 0 Å². The monoisotopic (exact) mass is 277 g/mol. The molecule has 1 aliphatic rings. The van der Waals surface area contributed by atoms with Crippen molar-refractivity contribution >= 4 is 5.69 Å². The lowest BCUT2D eigenvalue weighted by Gasteiger charge is -2.26. The number of aryl methyl sites for hydroxylation is 2. The lowest BCUT2D eigenvalue weighted by atomic mass is 9.83. The van der Waals surface area contributed by atoms with E-state index in [4.69, 9.17) is 4.74 Å². The summed E-state index contributed by atoms with van der Waals surface area (Å²) in [5.41, 5.74) is 1.83. The third-order valence-corrected chi connectivity index (χ3v) is 4.25. The predicted octanol–water partition coefficient (Wildman–Crippen LogP) is 4.42. The first-order valence-electron chi connectivity index (χ1n) is 7.35. The fourth-order valence-electron chi connectivity index (χ4n) is 2.96. The number of nitro benzene ring substituents is 1. The first kappa shape index (κ1) is 14.8. The van der Waals surface area contributed by atoms with Gasteiger partial charge in [-0.2, -0.15) is 0 Å².